The molecule has 0 spiro atoms. The molecule has 0 bridgehead atoms. The third-order valence-corrected chi connectivity index (χ3v) is 6.01. The molecule has 0 saturated carbocycles. The molecule has 1 aliphatic heterocycles. The van der Waals surface area contributed by atoms with Gasteiger partial charge < -0.3 is 19.5 Å². The molecule has 1 aliphatic rings. The topological polar surface area (TPSA) is 74.6 Å². The van der Waals surface area contributed by atoms with Gasteiger partial charge in [-0.2, -0.15) is 0 Å². The van der Waals surface area contributed by atoms with Crippen molar-refractivity contribution in [1.82, 2.24) is 9.55 Å². The Hall–Kier alpha value is -3.13. The molecule has 2 heterocycles. The number of benzene rings is 2. The van der Waals surface area contributed by atoms with Gasteiger partial charge in [0.2, 0.25) is 5.91 Å². The van der Waals surface area contributed by atoms with Crippen LogP contribution in [0.5, 0.6) is 17.2 Å². The van der Waals surface area contributed by atoms with Crippen molar-refractivity contribution in [1.29, 1.82) is 0 Å². The lowest BCUT2D eigenvalue weighted by Crippen LogP contribution is -2.12. The summed E-state index contributed by atoms with van der Waals surface area (Å²) < 4.78 is 18.1. The summed E-state index contributed by atoms with van der Waals surface area (Å²) in [7, 11) is 4.86. The Morgan fingerprint density at radius 2 is 1.79 bits per heavy atom. The van der Waals surface area contributed by atoms with Crippen molar-refractivity contribution in [2.24, 2.45) is 0 Å². The van der Waals surface area contributed by atoms with Crippen LogP contribution in [0.1, 0.15) is 16.5 Å². The third kappa shape index (κ3) is 3.63. The number of hydrogen-bond donors (Lipinski definition) is 1. The van der Waals surface area contributed by atoms with Gasteiger partial charge in [0.1, 0.15) is 12.1 Å². The van der Waals surface area contributed by atoms with Gasteiger partial charge in [0, 0.05) is 5.69 Å². The average Bonchev–Trinajstić information content (AvgIpc) is 3.09. The second-order valence-electron chi connectivity index (χ2n) is 6.40. The average molecular weight is 411 g/mol. The Labute approximate surface area is 173 Å². The highest BCUT2D eigenvalue weighted by molar-refractivity contribution is 8.00. The van der Waals surface area contributed by atoms with E-state index in [2.05, 4.69) is 10.3 Å². The van der Waals surface area contributed by atoms with Gasteiger partial charge in [0.15, 0.2) is 17.3 Å². The first-order valence-electron chi connectivity index (χ1n) is 8.99. The predicted molar refractivity (Wildman–Crippen MR) is 113 cm³/mol. The summed E-state index contributed by atoms with van der Waals surface area (Å²) in [6, 6.07) is 13.5. The highest BCUT2D eigenvalue weighted by Crippen LogP contribution is 2.44. The second-order valence-corrected chi connectivity index (χ2v) is 7.49. The van der Waals surface area contributed by atoms with E-state index in [0.29, 0.717) is 23.1 Å². The maximum absolute atomic E-state index is 12.2. The Kier molecular flexibility index (Phi) is 5.35. The van der Waals surface area contributed by atoms with Crippen LogP contribution in [0.25, 0.3) is 5.69 Å². The smallest absolute Gasteiger partial charge is 0.235 e. The van der Waals surface area contributed by atoms with Gasteiger partial charge >= 0.3 is 0 Å². The summed E-state index contributed by atoms with van der Waals surface area (Å²) >= 11 is 1.55. The number of methoxy groups -OCH3 is 3. The highest BCUT2D eigenvalue weighted by atomic mass is 32.2. The summed E-state index contributed by atoms with van der Waals surface area (Å²) in [4.78, 5) is 16.7. The number of thioether (sulfide) groups is 1. The summed E-state index contributed by atoms with van der Waals surface area (Å²) in [6.07, 6.45) is 1.73. The molecule has 0 fully saturated rings. The number of amides is 1. The summed E-state index contributed by atoms with van der Waals surface area (Å²) in [5, 5.41) is 2.80. The number of rotatable bonds is 5. The Bertz CT molecular complexity index is 1030. The van der Waals surface area contributed by atoms with E-state index in [1.165, 1.54) is 0 Å². The predicted octanol–water partition coefficient (Wildman–Crippen LogP) is 3.67. The number of carbonyl (C=O) groups is 1. The zero-order valence-corrected chi connectivity index (χ0v) is 17.2. The number of aromatic nitrogens is 2. The van der Waals surface area contributed by atoms with Crippen molar-refractivity contribution in [3.05, 3.63) is 60.0 Å². The van der Waals surface area contributed by atoms with Gasteiger partial charge in [-0.1, -0.05) is 6.07 Å². The summed E-state index contributed by atoms with van der Waals surface area (Å²) in [5.74, 6) is 2.91. The number of nitrogens with one attached hydrogen (secondary N) is 1. The first kappa shape index (κ1) is 19.2. The molecule has 8 heteroatoms. The summed E-state index contributed by atoms with van der Waals surface area (Å²) in [5.41, 5.74) is 2.83. The lowest BCUT2D eigenvalue weighted by Gasteiger charge is -2.19. The van der Waals surface area contributed by atoms with Crippen molar-refractivity contribution >= 4 is 23.5 Å². The van der Waals surface area contributed by atoms with Gasteiger partial charge in [0.25, 0.3) is 0 Å². The normalized spacial score (nSPS) is 15.8. The van der Waals surface area contributed by atoms with Crippen LogP contribution < -0.4 is 19.5 Å². The van der Waals surface area contributed by atoms with Gasteiger partial charge in [-0.15, -0.1) is 11.8 Å². The van der Waals surface area contributed by atoms with Gasteiger partial charge in [0.05, 0.1) is 38.0 Å². The molecule has 4 rings (SSSR count). The van der Waals surface area contributed by atoms with Crippen molar-refractivity contribution in [2.75, 3.05) is 32.4 Å². The molecule has 1 atom stereocenters. The Morgan fingerprint density at radius 3 is 2.48 bits per heavy atom. The molecule has 150 valence electrons. The fraction of sp³-hybridized carbons (Fsp3) is 0.238. The van der Waals surface area contributed by atoms with Crippen molar-refractivity contribution < 1.29 is 19.0 Å². The van der Waals surface area contributed by atoms with E-state index in [1.54, 1.807) is 39.4 Å². The fourth-order valence-electron chi connectivity index (χ4n) is 3.33. The van der Waals surface area contributed by atoms with Crippen LogP contribution in [0.3, 0.4) is 0 Å². The number of fused-ring (bicyclic) bond motifs is 1. The first-order chi connectivity index (χ1) is 14.1. The van der Waals surface area contributed by atoms with Crippen LogP contribution in [0.2, 0.25) is 0 Å². The van der Waals surface area contributed by atoms with E-state index in [9.17, 15) is 4.79 Å². The molecule has 2 aromatic carbocycles. The Morgan fingerprint density at radius 1 is 1.03 bits per heavy atom. The molecular formula is C21H21N3O4S. The maximum atomic E-state index is 12.2. The van der Waals surface area contributed by atoms with Crippen LogP contribution in [-0.2, 0) is 4.79 Å². The summed E-state index contributed by atoms with van der Waals surface area (Å²) in [6.45, 7) is 0. The SMILES string of the molecule is COc1ccc(-n2cnc3c2[C@@H](c2ccc(OC)c(OC)c2)SCC(=O)N3)cc1. The third-order valence-electron chi connectivity index (χ3n) is 4.75. The van der Waals surface area contributed by atoms with Crippen molar-refractivity contribution in [3.8, 4) is 22.9 Å². The number of anilines is 1. The maximum Gasteiger partial charge on any atom is 0.235 e. The number of hydrogen-bond acceptors (Lipinski definition) is 6. The van der Waals surface area contributed by atoms with Crippen molar-refractivity contribution in [3.63, 3.8) is 0 Å². The van der Waals surface area contributed by atoms with Crippen LogP contribution in [0, 0.1) is 0 Å². The molecule has 1 aromatic heterocycles. The van der Waals surface area contributed by atoms with Crippen LogP contribution >= 0.6 is 11.8 Å². The standard InChI is InChI=1S/C21H21N3O4S/c1-26-15-7-5-14(6-8-15)24-12-22-21-19(24)20(29-11-18(25)23-21)13-4-9-16(27-2)17(10-13)28-3/h4-10,12,20H,11H2,1-3H3,(H,23,25)/t20-/m1/s1. The van der Waals surface area contributed by atoms with Crippen LogP contribution in [0.4, 0.5) is 5.82 Å². The zero-order valence-electron chi connectivity index (χ0n) is 16.3. The highest BCUT2D eigenvalue weighted by Gasteiger charge is 2.29. The molecule has 7 nitrogen and oxygen atoms in total. The van der Waals surface area contributed by atoms with E-state index >= 15 is 0 Å². The minimum absolute atomic E-state index is 0.0702. The van der Waals surface area contributed by atoms with E-state index in [1.807, 2.05) is 47.0 Å². The molecule has 0 aliphatic carbocycles. The van der Waals surface area contributed by atoms with E-state index in [-0.39, 0.29) is 11.2 Å². The quantitative estimate of drug-likeness (QED) is 0.691. The van der Waals surface area contributed by atoms with E-state index < -0.39 is 0 Å². The van der Waals surface area contributed by atoms with Crippen molar-refractivity contribution in [2.45, 2.75) is 5.25 Å². The number of nitrogens with zero attached hydrogens (tertiary/aromatic N) is 2. The molecule has 1 amide bonds. The number of imidazole rings is 1. The monoisotopic (exact) mass is 411 g/mol. The fourth-order valence-corrected chi connectivity index (χ4v) is 4.44. The largest absolute Gasteiger partial charge is 0.497 e. The lowest BCUT2D eigenvalue weighted by molar-refractivity contribution is -0.113. The minimum atomic E-state index is -0.117. The number of ether oxygens (including phenoxy) is 3. The molecule has 3 aromatic rings. The Balaban J connectivity index is 1.83. The molecular weight excluding hydrogens is 390 g/mol. The van der Waals surface area contributed by atoms with Gasteiger partial charge in [-0.25, -0.2) is 4.98 Å². The molecule has 0 unspecified atom stereocenters. The minimum Gasteiger partial charge on any atom is -0.497 e. The lowest BCUT2D eigenvalue weighted by atomic mass is 10.1. The van der Waals surface area contributed by atoms with Crippen LogP contribution in [0.15, 0.2) is 48.8 Å². The van der Waals surface area contributed by atoms with Gasteiger partial charge in [-0.3, -0.25) is 9.36 Å². The zero-order chi connectivity index (χ0) is 20.4. The second kappa shape index (κ2) is 8.08. The van der Waals surface area contributed by atoms with Gasteiger partial charge in [-0.05, 0) is 42.0 Å². The first-order valence-corrected chi connectivity index (χ1v) is 10.0. The van der Waals surface area contributed by atoms with E-state index in [4.69, 9.17) is 14.2 Å². The molecule has 1 N–H and O–H groups in total. The van der Waals surface area contributed by atoms with E-state index in [0.717, 1.165) is 22.7 Å². The molecule has 0 radical (unpaired) electrons. The van der Waals surface area contributed by atoms with Crippen LogP contribution in [-0.4, -0.2) is 42.5 Å². The number of carbonyl (C=O) groups excluding carboxylic acids is 1. The molecule has 29 heavy (non-hydrogen) atoms. The molecule has 0 saturated heterocycles.